The highest BCUT2D eigenvalue weighted by atomic mass is 32.1. The normalized spacial score (nSPS) is 20.9. The summed E-state index contributed by atoms with van der Waals surface area (Å²) in [5.41, 5.74) is 4.61. The van der Waals surface area contributed by atoms with Gasteiger partial charge in [0.05, 0.1) is 23.6 Å². The molecule has 3 aromatic heterocycles. The van der Waals surface area contributed by atoms with Gasteiger partial charge >= 0.3 is 6.03 Å². The van der Waals surface area contributed by atoms with Crippen LogP contribution < -0.4 is 10.6 Å². The minimum Gasteiger partial charge on any atom is -0.333 e. The standard InChI is InChI=1S/C30H29F2N9OS.CH4/c1-17-27(19-13-33-39(2)14-19)37-41(21-6-4-3-5-7-21)29(17)35-30(42)34-28-25-11-10-24(40(25)15-20-16-43-38-36-20)26(28)18-8-9-22(31)23(32)12-18;/h3-9,12-14,16,24-26,28H,10-11,15H2,1-2H3,(H2,34,35,42);1H4/t24-,25+,26+,28+;/m0./s1. The summed E-state index contributed by atoms with van der Waals surface area (Å²) in [7, 11) is 1.84. The second-order valence-corrected chi connectivity index (χ2v) is 11.7. The third-order valence-corrected chi connectivity index (χ3v) is 9.09. The molecular weight excluding hydrogens is 584 g/mol. The van der Waals surface area contributed by atoms with Crippen LogP contribution in [0.25, 0.3) is 16.9 Å². The molecule has 2 N–H and O–H groups in total. The van der Waals surface area contributed by atoms with Crippen LogP contribution >= 0.6 is 11.5 Å². The Kier molecular flexibility index (Phi) is 7.99. The molecular formula is C31H33F2N9OS. The Morgan fingerprint density at radius 3 is 2.59 bits per heavy atom. The van der Waals surface area contributed by atoms with E-state index in [0.717, 1.165) is 41.4 Å². The van der Waals surface area contributed by atoms with Gasteiger partial charge in [-0.3, -0.25) is 14.9 Å². The second-order valence-electron chi connectivity index (χ2n) is 11.1. The van der Waals surface area contributed by atoms with Crippen molar-refractivity contribution in [3.8, 4) is 16.9 Å². The zero-order chi connectivity index (χ0) is 29.7. The number of carbonyl (C=O) groups is 1. The number of fused-ring (bicyclic) bond motifs is 2. The number of para-hydroxylation sites is 1. The number of rotatable bonds is 7. The molecule has 2 aromatic carbocycles. The van der Waals surface area contributed by atoms with E-state index in [2.05, 4.69) is 30.2 Å². The molecule has 2 aliphatic rings. The van der Waals surface area contributed by atoms with Gasteiger partial charge in [0.25, 0.3) is 0 Å². The number of amides is 2. The van der Waals surface area contributed by atoms with Gasteiger partial charge in [0.1, 0.15) is 11.5 Å². The molecule has 2 aliphatic heterocycles. The van der Waals surface area contributed by atoms with Gasteiger partial charge < -0.3 is 5.32 Å². The Balaban J connectivity index is 0.00000343. The summed E-state index contributed by atoms with van der Waals surface area (Å²) in [4.78, 5) is 16.1. The first-order valence-corrected chi connectivity index (χ1v) is 14.9. The van der Waals surface area contributed by atoms with Crippen LogP contribution in [0, 0.1) is 18.6 Å². The Hall–Kier alpha value is -4.49. The van der Waals surface area contributed by atoms with Crippen LogP contribution in [0.3, 0.4) is 0 Å². The van der Waals surface area contributed by atoms with Crippen LogP contribution in [-0.2, 0) is 13.6 Å². The number of aryl methyl sites for hydroxylation is 1. The maximum atomic E-state index is 14.4. The summed E-state index contributed by atoms with van der Waals surface area (Å²) in [5, 5.41) is 21.5. The summed E-state index contributed by atoms with van der Waals surface area (Å²) >= 11 is 1.29. The molecule has 5 heterocycles. The first kappa shape index (κ1) is 29.6. The molecule has 7 rings (SSSR count). The highest BCUT2D eigenvalue weighted by Crippen LogP contribution is 2.48. The molecule has 2 amide bonds. The van der Waals surface area contributed by atoms with E-state index in [1.165, 1.54) is 17.6 Å². The zero-order valence-electron chi connectivity index (χ0n) is 23.5. The van der Waals surface area contributed by atoms with Gasteiger partial charge in [0.15, 0.2) is 11.6 Å². The third kappa shape index (κ3) is 5.26. The molecule has 0 saturated carbocycles. The van der Waals surface area contributed by atoms with E-state index in [0.29, 0.717) is 23.6 Å². The van der Waals surface area contributed by atoms with E-state index in [-0.39, 0.29) is 31.5 Å². The Bertz CT molecular complexity index is 1770. The maximum absolute atomic E-state index is 14.4. The number of aromatic nitrogens is 6. The molecule has 13 heteroatoms. The monoisotopic (exact) mass is 617 g/mol. The van der Waals surface area contributed by atoms with Crippen LogP contribution in [0.2, 0.25) is 0 Å². The van der Waals surface area contributed by atoms with Crippen molar-refractivity contribution in [3.63, 3.8) is 0 Å². The first-order valence-electron chi connectivity index (χ1n) is 14.1. The average Bonchev–Trinajstić information content (AvgIpc) is 3.84. The van der Waals surface area contributed by atoms with Crippen molar-refractivity contribution in [2.45, 2.75) is 57.8 Å². The van der Waals surface area contributed by atoms with Gasteiger partial charge in [0.2, 0.25) is 0 Å². The first-order chi connectivity index (χ1) is 20.9. The number of carbonyl (C=O) groups excluding carboxylic acids is 1. The number of urea groups is 1. The van der Waals surface area contributed by atoms with Gasteiger partial charge in [-0.05, 0) is 61.1 Å². The Labute approximate surface area is 257 Å². The molecule has 4 atom stereocenters. The van der Waals surface area contributed by atoms with Crippen molar-refractivity contribution >= 4 is 23.4 Å². The van der Waals surface area contributed by atoms with Crippen molar-refractivity contribution < 1.29 is 13.6 Å². The van der Waals surface area contributed by atoms with Crippen molar-refractivity contribution in [1.82, 2.24) is 39.4 Å². The molecule has 2 fully saturated rings. The van der Waals surface area contributed by atoms with Crippen molar-refractivity contribution in [2.24, 2.45) is 7.05 Å². The molecule has 44 heavy (non-hydrogen) atoms. The molecule has 2 saturated heterocycles. The van der Waals surface area contributed by atoms with E-state index < -0.39 is 17.7 Å². The number of halogens is 2. The second kappa shape index (κ2) is 11.9. The highest BCUT2D eigenvalue weighted by Gasteiger charge is 2.54. The third-order valence-electron chi connectivity index (χ3n) is 8.54. The average molecular weight is 618 g/mol. The molecule has 0 aliphatic carbocycles. The minimum absolute atomic E-state index is 0. The molecule has 228 valence electrons. The van der Waals surface area contributed by atoms with Crippen LogP contribution in [0.15, 0.2) is 66.3 Å². The van der Waals surface area contributed by atoms with Crippen LogP contribution in [0.4, 0.5) is 19.4 Å². The van der Waals surface area contributed by atoms with E-state index in [1.54, 1.807) is 21.6 Å². The number of hydrogen-bond donors (Lipinski definition) is 2. The molecule has 0 radical (unpaired) electrons. The van der Waals surface area contributed by atoms with Crippen LogP contribution in [0.1, 0.15) is 43.0 Å². The van der Waals surface area contributed by atoms with E-state index in [4.69, 9.17) is 5.10 Å². The summed E-state index contributed by atoms with van der Waals surface area (Å²) in [6, 6.07) is 12.9. The predicted octanol–water partition coefficient (Wildman–Crippen LogP) is 5.67. The smallest absolute Gasteiger partial charge is 0.320 e. The summed E-state index contributed by atoms with van der Waals surface area (Å²) < 4.78 is 35.7. The fourth-order valence-corrected chi connectivity index (χ4v) is 7.13. The number of hydrogen-bond acceptors (Lipinski definition) is 7. The molecule has 0 spiro atoms. The maximum Gasteiger partial charge on any atom is 0.320 e. The van der Waals surface area contributed by atoms with E-state index in [1.807, 2.05) is 55.9 Å². The number of nitrogens with zero attached hydrogens (tertiary/aromatic N) is 7. The van der Waals surface area contributed by atoms with Gasteiger partial charge in [-0.25, -0.2) is 18.3 Å². The molecule has 0 unspecified atom stereocenters. The van der Waals surface area contributed by atoms with Crippen molar-refractivity contribution in [3.05, 3.63) is 94.8 Å². The van der Waals surface area contributed by atoms with E-state index in [9.17, 15) is 13.6 Å². The van der Waals surface area contributed by atoms with Gasteiger partial charge in [-0.2, -0.15) is 10.2 Å². The fraction of sp³-hybridized carbons (Fsp3) is 0.323. The lowest BCUT2D eigenvalue weighted by Gasteiger charge is -2.30. The minimum atomic E-state index is -0.899. The topological polar surface area (TPSA) is 106 Å². The Morgan fingerprint density at radius 2 is 1.89 bits per heavy atom. The fourth-order valence-electron chi connectivity index (χ4n) is 6.69. The van der Waals surface area contributed by atoms with Crippen molar-refractivity contribution in [2.75, 3.05) is 5.32 Å². The van der Waals surface area contributed by atoms with Crippen molar-refractivity contribution in [1.29, 1.82) is 0 Å². The zero-order valence-corrected chi connectivity index (χ0v) is 24.3. The summed E-state index contributed by atoms with van der Waals surface area (Å²) in [6.07, 6.45) is 5.35. The Morgan fingerprint density at radius 1 is 1.09 bits per heavy atom. The summed E-state index contributed by atoms with van der Waals surface area (Å²) in [5.74, 6) is -1.50. The lowest BCUT2D eigenvalue weighted by molar-refractivity contribution is 0.224. The number of anilines is 1. The quantitative estimate of drug-likeness (QED) is 0.244. The summed E-state index contributed by atoms with van der Waals surface area (Å²) in [6.45, 7) is 2.48. The molecule has 2 bridgehead atoms. The van der Waals surface area contributed by atoms with Crippen LogP contribution in [0.5, 0.6) is 0 Å². The van der Waals surface area contributed by atoms with Gasteiger partial charge in [0, 0.05) is 54.3 Å². The highest BCUT2D eigenvalue weighted by molar-refractivity contribution is 7.03. The number of benzene rings is 2. The van der Waals surface area contributed by atoms with Gasteiger partial charge in [-0.1, -0.05) is 36.2 Å². The SMILES string of the molecule is C.Cc1c(-c2cnn(C)c2)nn(-c2ccccc2)c1NC(=O)N[C@H]1[C@H](c2ccc(F)c(F)c2)[C@@H]2CC[C@H]1N2Cc1csnn1. The largest absolute Gasteiger partial charge is 0.333 e. The lowest BCUT2D eigenvalue weighted by Crippen LogP contribution is -2.48. The van der Waals surface area contributed by atoms with Crippen LogP contribution in [-0.4, -0.2) is 58.2 Å². The predicted molar refractivity (Wildman–Crippen MR) is 165 cm³/mol. The molecule has 5 aromatic rings. The van der Waals surface area contributed by atoms with E-state index >= 15 is 0 Å². The number of nitrogens with one attached hydrogen (secondary N) is 2. The van der Waals surface area contributed by atoms with Gasteiger partial charge in [-0.15, -0.1) is 5.10 Å². The molecule has 10 nitrogen and oxygen atoms in total. The lowest BCUT2D eigenvalue weighted by atomic mass is 9.80.